The predicted octanol–water partition coefficient (Wildman–Crippen LogP) is 4.11. The molecule has 0 unspecified atom stereocenters. The van der Waals surface area contributed by atoms with Gasteiger partial charge in [-0.3, -0.25) is 0 Å². The molecule has 1 rings (SSSR count). The minimum absolute atomic E-state index is 0.210. The summed E-state index contributed by atoms with van der Waals surface area (Å²) in [5.74, 6) is -0.210. The summed E-state index contributed by atoms with van der Waals surface area (Å²) in [7, 11) is 0. The fraction of sp³-hybridized carbons (Fsp3) is 0.250. The first-order valence-electron chi connectivity index (χ1n) is 3.26. The van der Waals surface area contributed by atoms with Gasteiger partial charge in [0.1, 0.15) is 0 Å². The first kappa shape index (κ1) is 10.6. The van der Waals surface area contributed by atoms with Crippen molar-refractivity contribution in [2.45, 2.75) is 11.8 Å². The first-order valence-corrected chi connectivity index (χ1v) is 5.94. The highest BCUT2D eigenvalue weighted by molar-refractivity contribution is 14.1. The van der Waals surface area contributed by atoms with Gasteiger partial charge in [0.15, 0.2) is 5.82 Å². The Morgan fingerprint density at radius 1 is 1.58 bits per heavy atom. The molecule has 1 aromatic rings. The van der Waals surface area contributed by atoms with Crippen molar-refractivity contribution < 1.29 is 4.39 Å². The van der Waals surface area contributed by atoms with E-state index in [0.29, 0.717) is 13.5 Å². The molecule has 0 bridgehead atoms. The van der Waals surface area contributed by atoms with Crippen LogP contribution in [0.25, 0.3) is 0 Å². The van der Waals surface area contributed by atoms with Gasteiger partial charge in [0.2, 0.25) is 0 Å². The second-order valence-corrected chi connectivity index (χ2v) is 4.69. The molecule has 0 saturated heterocycles. The molecular weight excluding hydrogens is 310 g/mol. The molecule has 0 spiro atoms. The maximum absolute atomic E-state index is 13.3. The molecule has 0 aliphatic rings. The Kier molecular flexibility index (Phi) is 3.67. The van der Waals surface area contributed by atoms with Gasteiger partial charge in [-0.1, -0.05) is 11.6 Å². The van der Waals surface area contributed by atoms with E-state index in [1.807, 2.05) is 35.8 Å². The Morgan fingerprint density at radius 3 is 2.67 bits per heavy atom. The maximum Gasteiger partial charge on any atom is 0.151 e. The fourth-order valence-electron chi connectivity index (χ4n) is 0.880. The first-order chi connectivity index (χ1) is 5.57. The van der Waals surface area contributed by atoms with Crippen molar-refractivity contribution in [3.63, 3.8) is 0 Å². The van der Waals surface area contributed by atoms with E-state index in [1.165, 1.54) is 11.8 Å². The van der Waals surface area contributed by atoms with Gasteiger partial charge < -0.3 is 0 Å². The summed E-state index contributed by atoms with van der Waals surface area (Å²) in [5.41, 5.74) is 0.923. The Hall–Kier alpha value is 0.520. The van der Waals surface area contributed by atoms with Crippen LogP contribution in [0.1, 0.15) is 5.56 Å². The Labute approximate surface area is 94.0 Å². The highest BCUT2D eigenvalue weighted by atomic mass is 127. The lowest BCUT2D eigenvalue weighted by molar-refractivity contribution is 0.594. The second kappa shape index (κ2) is 4.15. The van der Waals surface area contributed by atoms with Gasteiger partial charge in [0.05, 0.1) is 13.5 Å². The highest BCUT2D eigenvalue weighted by Crippen LogP contribution is 2.33. The minimum atomic E-state index is -0.210. The zero-order valence-corrected chi connectivity index (χ0v) is 10.3. The summed E-state index contributed by atoms with van der Waals surface area (Å²) in [6, 6.07) is 1.75. The summed E-state index contributed by atoms with van der Waals surface area (Å²) in [6.07, 6.45) is 1.82. The van der Waals surface area contributed by atoms with E-state index in [9.17, 15) is 4.39 Å². The van der Waals surface area contributed by atoms with Crippen LogP contribution in [0.15, 0.2) is 11.0 Å². The Balaban J connectivity index is 3.42. The normalized spacial score (nSPS) is 10.4. The average molecular weight is 317 g/mol. The van der Waals surface area contributed by atoms with Gasteiger partial charge in [0, 0.05) is 0 Å². The van der Waals surface area contributed by atoms with Crippen molar-refractivity contribution >= 4 is 46.0 Å². The van der Waals surface area contributed by atoms with Crippen LogP contribution < -0.4 is 0 Å². The molecule has 12 heavy (non-hydrogen) atoms. The van der Waals surface area contributed by atoms with Crippen LogP contribution >= 0.6 is 46.0 Å². The van der Waals surface area contributed by atoms with Gasteiger partial charge in [-0.2, -0.15) is 0 Å². The molecule has 0 radical (unpaired) electrons. The van der Waals surface area contributed by atoms with E-state index in [4.69, 9.17) is 11.6 Å². The second-order valence-electron chi connectivity index (χ2n) is 2.34. The number of hydrogen-bond donors (Lipinski definition) is 0. The Bertz CT molecular complexity index is 288. The largest absolute Gasteiger partial charge is 0.205 e. The van der Waals surface area contributed by atoms with Gasteiger partial charge in [-0.15, -0.1) is 11.8 Å². The molecule has 4 heteroatoms. The third-order valence-electron chi connectivity index (χ3n) is 1.50. The number of hydrogen-bond acceptors (Lipinski definition) is 1. The minimum Gasteiger partial charge on any atom is -0.205 e. The summed E-state index contributed by atoms with van der Waals surface area (Å²) >= 11 is 9.21. The van der Waals surface area contributed by atoms with Crippen LogP contribution in [0.3, 0.4) is 0 Å². The van der Waals surface area contributed by atoms with Crippen molar-refractivity contribution in [3.05, 3.63) is 26.0 Å². The fourth-order valence-corrected chi connectivity index (χ4v) is 2.80. The molecular formula is C8H7ClFIS. The summed E-state index contributed by atoms with van der Waals surface area (Å²) in [4.78, 5) is 0.543. The zero-order chi connectivity index (χ0) is 9.30. The molecule has 0 nitrogen and oxygen atoms in total. The molecule has 1 aromatic carbocycles. The van der Waals surface area contributed by atoms with Crippen LogP contribution in [0.5, 0.6) is 0 Å². The van der Waals surface area contributed by atoms with Crippen molar-refractivity contribution in [2.75, 3.05) is 6.26 Å². The van der Waals surface area contributed by atoms with E-state index in [2.05, 4.69) is 0 Å². The van der Waals surface area contributed by atoms with Gasteiger partial charge in [-0.25, -0.2) is 4.39 Å². The monoisotopic (exact) mass is 316 g/mol. The molecule has 0 amide bonds. The number of rotatable bonds is 1. The van der Waals surface area contributed by atoms with E-state index in [0.717, 1.165) is 5.56 Å². The SMILES string of the molecule is CSc1c(F)c(I)cc(C)c1Cl. The Morgan fingerprint density at radius 2 is 2.17 bits per heavy atom. The standard InChI is InChI=1S/C8H7ClFIS/c1-4-3-5(11)7(10)8(12-2)6(4)9/h3H,1-2H3. The van der Waals surface area contributed by atoms with Crippen LogP contribution in [0.4, 0.5) is 4.39 Å². The summed E-state index contributed by atoms with van der Waals surface area (Å²) in [5, 5.41) is 0.528. The number of thioether (sulfide) groups is 1. The van der Waals surface area contributed by atoms with E-state index in [1.54, 1.807) is 6.07 Å². The molecule has 0 aromatic heterocycles. The lowest BCUT2D eigenvalue weighted by Gasteiger charge is -2.06. The van der Waals surface area contributed by atoms with Crippen LogP contribution in [-0.4, -0.2) is 6.26 Å². The van der Waals surface area contributed by atoms with Gasteiger partial charge in [0.25, 0.3) is 0 Å². The van der Waals surface area contributed by atoms with Crippen LogP contribution in [0.2, 0.25) is 5.02 Å². The van der Waals surface area contributed by atoms with Crippen molar-refractivity contribution in [3.8, 4) is 0 Å². The molecule has 0 N–H and O–H groups in total. The van der Waals surface area contributed by atoms with E-state index < -0.39 is 0 Å². The lowest BCUT2D eigenvalue weighted by Crippen LogP contribution is -1.90. The van der Waals surface area contributed by atoms with Gasteiger partial charge in [-0.05, 0) is 47.4 Å². The molecule has 0 fully saturated rings. The van der Waals surface area contributed by atoms with Crippen LogP contribution in [0, 0.1) is 16.3 Å². The van der Waals surface area contributed by atoms with Crippen molar-refractivity contribution in [2.24, 2.45) is 0 Å². The van der Waals surface area contributed by atoms with Gasteiger partial charge >= 0.3 is 0 Å². The number of benzene rings is 1. The van der Waals surface area contributed by atoms with E-state index >= 15 is 0 Å². The summed E-state index contributed by atoms with van der Waals surface area (Å²) < 4.78 is 14.0. The number of halogens is 3. The van der Waals surface area contributed by atoms with Crippen molar-refractivity contribution in [1.82, 2.24) is 0 Å². The van der Waals surface area contributed by atoms with E-state index in [-0.39, 0.29) is 5.82 Å². The van der Waals surface area contributed by atoms with Crippen molar-refractivity contribution in [1.29, 1.82) is 0 Å². The quantitative estimate of drug-likeness (QED) is 0.427. The summed E-state index contributed by atoms with van der Waals surface area (Å²) in [6.45, 7) is 1.88. The topological polar surface area (TPSA) is 0 Å². The zero-order valence-electron chi connectivity index (χ0n) is 6.62. The lowest BCUT2D eigenvalue weighted by atomic mass is 10.2. The third kappa shape index (κ3) is 1.88. The molecule has 0 saturated carbocycles. The number of aryl methyl sites for hydroxylation is 1. The molecule has 0 aliphatic carbocycles. The predicted molar refractivity (Wildman–Crippen MR) is 60.6 cm³/mol. The van der Waals surface area contributed by atoms with Crippen LogP contribution in [-0.2, 0) is 0 Å². The average Bonchev–Trinajstić information content (AvgIpc) is 2.02. The molecule has 0 aliphatic heterocycles. The maximum atomic E-state index is 13.3. The molecule has 0 atom stereocenters. The third-order valence-corrected chi connectivity index (χ3v) is 3.68. The highest BCUT2D eigenvalue weighted by Gasteiger charge is 2.12. The molecule has 0 heterocycles. The molecule has 66 valence electrons. The smallest absolute Gasteiger partial charge is 0.151 e.